The van der Waals surface area contributed by atoms with Gasteiger partial charge in [-0.2, -0.15) is 8.42 Å². The fraction of sp³-hybridized carbons (Fsp3) is 0.400. The van der Waals surface area contributed by atoms with Crippen LogP contribution in [0.25, 0.3) is 0 Å². The van der Waals surface area contributed by atoms with Crippen molar-refractivity contribution in [3.63, 3.8) is 0 Å². The van der Waals surface area contributed by atoms with E-state index >= 15 is 0 Å². The van der Waals surface area contributed by atoms with Crippen molar-refractivity contribution in [3.8, 4) is 0 Å². The Morgan fingerprint density at radius 1 is 1.38 bits per heavy atom. The van der Waals surface area contributed by atoms with Gasteiger partial charge in [-0.1, -0.05) is 6.08 Å². The molecule has 0 atom stereocenters. The van der Waals surface area contributed by atoms with E-state index in [2.05, 4.69) is 6.58 Å². The molecule has 0 aromatic heterocycles. The Hall–Kier alpha value is -0.570. The molecule has 2 nitrogen and oxygen atoms in total. The van der Waals surface area contributed by atoms with Crippen molar-refractivity contribution in [2.75, 3.05) is 0 Å². The summed E-state index contributed by atoms with van der Waals surface area (Å²) in [5.41, 5.74) is 0. The predicted molar refractivity (Wildman–Crippen MR) is 34.4 cm³/mol. The third-order valence-electron chi connectivity index (χ3n) is 0.625. The van der Waals surface area contributed by atoms with Gasteiger partial charge in [-0.15, -0.1) is 6.58 Å². The van der Waals surface area contributed by atoms with E-state index in [0.717, 1.165) is 6.42 Å². The number of rotatable bonds is 3. The van der Waals surface area contributed by atoms with E-state index in [0.29, 0.717) is 6.42 Å². The van der Waals surface area contributed by atoms with E-state index in [1.165, 1.54) is 5.37 Å². The molecule has 0 aliphatic carbocycles. The third kappa shape index (κ3) is 5.43. The van der Waals surface area contributed by atoms with Gasteiger partial charge in [-0.3, -0.25) is 0 Å². The van der Waals surface area contributed by atoms with Gasteiger partial charge < -0.3 is 0 Å². The van der Waals surface area contributed by atoms with Gasteiger partial charge in [-0.05, 0) is 12.8 Å². The van der Waals surface area contributed by atoms with Crippen molar-refractivity contribution in [2.24, 2.45) is 0 Å². The lowest BCUT2D eigenvalue weighted by atomic mass is 10.3. The van der Waals surface area contributed by atoms with E-state index in [9.17, 15) is 8.42 Å². The molecule has 0 aromatic carbocycles. The van der Waals surface area contributed by atoms with Crippen molar-refractivity contribution < 1.29 is 8.42 Å². The first-order valence-electron chi connectivity index (χ1n) is 2.29. The molecule has 0 fully saturated rings. The van der Waals surface area contributed by atoms with Gasteiger partial charge in [-0.25, -0.2) is 0 Å². The average molecular weight is 132 g/mol. The lowest BCUT2D eigenvalue weighted by Crippen LogP contribution is -1.72. The molecule has 46 valence electrons. The van der Waals surface area contributed by atoms with Crippen molar-refractivity contribution in [1.29, 1.82) is 0 Å². The SMILES string of the molecule is C=CCCC=S(=O)=O. The highest BCUT2D eigenvalue weighted by Crippen LogP contribution is 1.81. The second-order valence-electron chi connectivity index (χ2n) is 1.29. The maximum Gasteiger partial charge on any atom is 0.209 e. The minimum atomic E-state index is -1.99. The second-order valence-corrected chi connectivity index (χ2v) is 2.15. The molecule has 8 heavy (non-hydrogen) atoms. The largest absolute Gasteiger partial charge is 0.209 e. The zero-order chi connectivity index (χ0) is 6.41. The predicted octanol–water partition coefficient (Wildman–Crippen LogP) is 0.634. The number of allylic oxidation sites excluding steroid dienone is 1. The summed E-state index contributed by atoms with van der Waals surface area (Å²) >= 11 is 0. The molecule has 0 radical (unpaired) electrons. The average Bonchev–Trinajstić information content (AvgIpc) is 1.66. The molecule has 0 aliphatic heterocycles. The van der Waals surface area contributed by atoms with Crippen LogP contribution in [0.5, 0.6) is 0 Å². The topological polar surface area (TPSA) is 34.1 Å². The Kier molecular flexibility index (Phi) is 4.26. The number of hydrogen-bond acceptors (Lipinski definition) is 2. The van der Waals surface area contributed by atoms with E-state index in [1.807, 2.05) is 0 Å². The molecule has 0 saturated carbocycles. The van der Waals surface area contributed by atoms with Crippen LogP contribution >= 0.6 is 0 Å². The first-order valence-corrected chi connectivity index (χ1v) is 3.43. The van der Waals surface area contributed by atoms with Crippen LogP contribution in [0.4, 0.5) is 0 Å². The number of unbranched alkanes of at least 4 members (excludes halogenated alkanes) is 1. The molecule has 0 saturated heterocycles. The van der Waals surface area contributed by atoms with Crippen LogP contribution in [0, 0.1) is 0 Å². The van der Waals surface area contributed by atoms with Gasteiger partial charge in [0, 0.05) is 5.37 Å². The van der Waals surface area contributed by atoms with Crippen molar-refractivity contribution in [2.45, 2.75) is 12.8 Å². The highest BCUT2D eigenvalue weighted by atomic mass is 32.2. The van der Waals surface area contributed by atoms with Gasteiger partial charge in [0.25, 0.3) is 0 Å². The van der Waals surface area contributed by atoms with Gasteiger partial charge in [0.05, 0.1) is 0 Å². The Bertz CT molecular complexity index is 169. The summed E-state index contributed by atoms with van der Waals surface area (Å²) in [7, 11) is -1.99. The monoisotopic (exact) mass is 132 g/mol. The summed E-state index contributed by atoms with van der Waals surface area (Å²) in [6.07, 6.45) is 2.98. The van der Waals surface area contributed by atoms with Crippen LogP contribution in [-0.2, 0) is 10.3 Å². The van der Waals surface area contributed by atoms with Gasteiger partial charge >= 0.3 is 0 Å². The standard InChI is InChI=1S/C5H8O2S/c1-2-3-4-5-8(6)7/h2,5H,1,3-4H2. The lowest BCUT2D eigenvalue weighted by molar-refractivity contribution is 0.627. The molecule has 0 spiro atoms. The molecule has 0 aromatic rings. The second kappa shape index (κ2) is 4.59. The van der Waals surface area contributed by atoms with Gasteiger partial charge in [0.1, 0.15) is 0 Å². The summed E-state index contributed by atoms with van der Waals surface area (Å²) < 4.78 is 19.6. The Labute approximate surface area is 50.4 Å². The van der Waals surface area contributed by atoms with Gasteiger partial charge in [0.15, 0.2) is 0 Å². The quantitative estimate of drug-likeness (QED) is 0.321. The Morgan fingerprint density at radius 3 is 2.38 bits per heavy atom. The fourth-order valence-electron chi connectivity index (χ4n) is 0.282. The van der Waals surface area contributed by atoms with E-state index in [4.69, 9.17) is 0 Å². The summed E-state index contributed by atoms with van der Waals surface area (Å²) in [4.78, 5) is 0. The lowest BCUT2D eigenvalue weighted by Gasteiger charge is -1.75. The first-order chi connectivity index (χ1) is 3.77. The van der Waals surface area contributed by atoms with Crippen LogP contribution in [0.15, 0.2) is 12.7 Å². The molecular weight excluding hydrogens is 124 g/mol. The Balaban J connectivity index is 3.46. The van der Waals surface area contributed by atoms with E-state index in [1.54, 1.807) is 6.08 Å². The van der Waals surface area contributed by atoms with Crippen LogP contribution in [-0.4, -0.2) is 13.8 Å². The fourth-order valence-corrected chi connectivity index (χ4v) is 0.611. The summed E-state index contributed by atoms with van der Waals surface area (Å²) in [5, 5.41) is 1.22. The van der Waals surface area contributed by atoms with Crippen molar-refractivity contribution >= 4 is 15.7 Å². The molecule has 3 heteroatoms. The van der Waals surface area contributed by atoms with E-state index < -0.39 is 10.3 Å². The summed E-state index contributed by atoms with van der Waals surface area (Å²) in [6.45, 7) is 3.44. The first kappa shape index (κ1) is 7.43. The molecule has 0 aliphatic rings. The van der Waals surface area contributed by atoms with Crippen LogP contribution in [0.1, 0.15) is 12.8 Å². The zero-order valence-corrected chi connectivity index (χ0v) is 5.32. The molecular formula is C5H8O2S. The van der Waals surface area contributed by atoms with Crippen molar-refractivity contribution in [1.82, 2.24) is 0 Å². The minimum absolute atomic E-state index is 0.569. The van der Waals surface area contributed by atoms with Crippen LogP contribution < -0.4 is 0 Å². The zero-order valence-electron chi connectivity index (χ0n) is 4.50. The number of hydrogen-bond donors (Lipinski definition) is 0. The summed E-state index contributed by atoms with van der Waals surface area (Å²) in [6, 6.07) is 0. The van der Waals surface area contributed by atoms with Crippen molar-refractivity contribution in [3.05, 3.63) is 12.7 Å². The molecule has 0 bridgehead atoms. The maximum absolute atomic E-state index is 9.78. The molecule has 0 N–H and O–H groups in total. The minimum Gasteiger partial charge on any atom is -0.185 e. The molecule has 0 heterocycles. The third-order valence-corrected chi connectivity index (χ3v) is 1.13. The maximum atomic E-state index is 9.78. The Morgan fingerprint density at radius 2 is 2.00 bits per heavy atom. The van der Waals surface area contributed by atoms with Crippen LogP contribution in [0.2, 0.25) is 0 Å². The highest BCUT2D eigenvalue weighted by molar-refractivity contribution is 7.71. The molecule has 0 unspecified atom stereocenters. The van der Waals surface area contributed by atoms with Crippen LogP contribution in [0.3, 0.4) is 0 Å². The highest BCUT2D eigenvalue weighted by Gasteiger charge is 1.73. The summed E-state index contributed by atoms with van der Waals surface area (Å²) in [5.74, 6) is 0. The molecule has 0 amide bonds. The smallest absolute Gasteiger partial charge is 0.185 e. The van der Waals surface area contributed by atoms with Gasteiger partial charge in [0.2, 0.25) is 10.3 Å². The normalized spacial score (nSPS) is 8.00. The van der Waals surface area contributed by atoms with E-state index in [-0.39, 0.29) is 0 Å². The molecule has 0 rings (SSSR count).